The monoisotopic (exact) mass is 303 g/mol. The Labute approximate surface area is 161 Å². The van der Waals surface area contributed by atoms with Crippen molar-refractivity contribution in [2.45, 2.75) is 38.0 Å². The summed E-state index contributed by atoms with van der Waals surface area (Å²) in [5.41, 5.74) is 0.516. The van der Waals surface area contributed by atoms with Crippen LogP contribution in [0.4, 0.5) is 4.79 Å². The molecule has 1 fully saturated rings. The minimum Gasteiger partial charge on any atom is -0.541 e. The Morgan fingerprint density at radius 3 is 2.45 bits per heavy atom. The number of rotatable bonds is 6. The van der Waals surface area contributed by atoms with Crippen molar-refractivity contribution in [3.8, 4) is 5.75 Å². The SMILES string of the molecule is COc1ccc(CN[C@H](C)C2(OC(=O)[O-])CC2)cc1.[K+]. The number of nitrogens with one attached hydrogen (secondary N) is 1. The van der Waals surface area contributed by atoms with Gasteiger partial charge in [-0.15, -0.1) is 0 Å². The van der Waals surface area contributed by atoms with Gasteiger partial charge in [-0.25, -0.2) is 0 Å². The Bertz CT molecular complexity index is 445. The van der Waals surface area contributed by atoms with Crippen LogP contribution in [-0.4, -0.2) is 24.9 Å². The zero-order valence-electron chi connectivity index (χ0n) is 12.1. The molecule has 2 rings (SSSR count). The molecule has 104 valence electrons. The smallest absolute Gasteiger partial charge is 0.541 e. The van der Waals surface area contributed by atoms with Gasteiger partial charge < -0.3 is 24.7 Å². The van der Waals surface area contributed by atoms with Crippen molar-refractivity contribution in [2.75, 3.05) is 7.11 Å². The van der Waals surface area contributed by atoms with Crippen LogP contribution in [0.5, 0.6) is 5.75 Å². The molecule has 1 aromatic carbocycles. The predicted octanol–water partition coefficient (Wildman–Crippen LogP) is -1.93. The molecular weight excluding hydrogens is 285 g/mol. The maximum absolute atomic E-state index is 10.5. The number of carbonyl (C=O) groups is 1. The van der Waals surface area contributed by atoms with E-state index in [1.807, 2.05) is 31.2 Å². The zero-order valence-corrected chi connectivity index (χ0v) is 15.3. The van der Waals surface area contributed by atoms with E-state index in [0.29, 0.717) is 6.54 Å². The Kier molecular flexibility index (Phi) is 6.97. The molecule has 1 atom stereocenters. The molecule has 6 heteroatoms. The standard InChI is InChI=1S/C14H19NO4.K/c1-10(14(7-8-14)19-13(16)17)15-9-11-3-5-12(18-2)6-4-11;/h3-6,10,15H,7-9H2,1-2H3,(H,16,17);/q;+1/p-1/t10-;/m1./s1. The number of hydrogen-bond acceptors (Lipinski definition) is 5. The normalized spacial score (nSPS) is 16.7. The summed E-state index contributed by atoms with van der Waals surface area (Å²) in [6.07, 6.45) is 0.0470. The van der Waals surface area contributed by atoms with Crippen LogP contribution in [0.2, 0.25) is 0 Å². The number of benzene rings is 1. The molecule has 0 aromatic heterocycles. The molecule has 0 bridgehead atoms. The van der Waals surface area contributed by atoms with E-state index in [4.69, 9.17) is 9.47 Å². The first-order valence-corrected chi connectivity index (χ1v) is 6.32. The van der Waals surface area contributed by atoms with E-state index in [1.54, 1.807) is 7.11 Å². The fourth-order valence-electron chi connectivity index (χ4n) is 2.11. The number of hydrogen-bond donors (Lipinski definition) is 1. The van der Waals surface area contributed by atoms with Crippen molar-refractivity contribution >= 4 is 6.16 Å². The van der Waals surface area contributed by atoms with Crippen LogP contribution in [0.25, 0.3) is 0 Å². The molecular formula is C14H18KNO4. The van der Waals surface area contributed by atoms with Crippen LogP contribution < -0.4 is 66.5 Å². The minimum atomic E-state index is -1.45. The number of carboxylic acid groups (broad SMARTS) is 1. The van der Waals surface area contributed by atoms with Crippen molar-refractivity contribution in [3.05, 3.63) is 29.8 Å². The summed E-state index contributed by atoms with van der Waals surface area (Å²) in [6.45, 7) is 2.59. The number of carbonyl (C=O) groups excluding carboxylic acids is 1. The Balaban J connectivity index is 0.00000200. The van der Waals surface area contributed by atoms with Gasteiger partial charge in [-0.2, -0.15) is 0 Å². The minimum absolute atomic E-state index is 0. The van der Waals surface area contributed by atoms with E-state index in [9.17, 15) is 9.90 Å². The molecule has 0 unspecified atom stereocenters. The molecule has 1 aliphatic rings. The van der Waals surface area contributed by atoms with Crippen LogP contribution >= 0.6 is 0 Å². The molecule has 1 aromatic rings. The van der Waals surface area contributed by atoms with Crippen LogP contribution in [0, 0.1) is 0 Å². The van der Waals surface area contributed by atoms with E-state index in [-0.39, 0.29) is 57.4 Å². The second kappa shape index (κ2) is 7.77. The van der Waals surface area contributed by atoms with Gasteiger partial charge in [0.2, 0.25) is 0 Å². The van der Waals surface area contributed by atoms with Gasteiger partial charge in [0.1, 0.15) is 5.75 Å². The van der Waals surface area contributed by atoms with Gasteiger partial charge in [-0.3, -0.25) is 0 Å². The maximum atomic E-state index is 10.5. The van der Waals surface area contributed by atoms with E-state index in [2.05, 4.69) is 5.32 Å². The molecule has 1 aliphatic carbocycles. The van der Waals surface area contributed by atoms with Gasteiger partial charge in [0, 0.05) is 12.6 Å². The molecule has 0 heterocycles. The van der Waals surface area contributed by atoms with Gasteiger partial charge in [-0.05, 0) is 37.5 Å². The summed E-state index contributed by atoms with van der Waals surface area (Å²) >= 11 is 0. The second-order valence-electron chi connectivity index (χ2n) is 4.87. The van der Waals surface area contributed by atoms with Crippen LogP contribution in [0.3, 0.4) is 0 Å². The fourth-order valence-corrected chi connectivity index (χ4v) is 2.11. The average Bonchev–Trinajstić information content (AvgIpc) is 3.16. The summed E-state index contributed by atoms with van der Waals surface area (Å²) in [5.74, 6) is 0.816. The van der Waals surface area contributed by atoms with Gasteiger partial charge in [0.15, 0.2) is 0 Å². The van der Waals surface area contributed by atoms with Crippen molar-refractivity contribution < 1.29 is 70.8 Å². The van der Waals surface area contributed by atoms with Crippen molar-refractivity contribution in [1.29, 1.82) is 0 Å². The van der Waals surface area contributed by atoms with E-state index in [1.165, 1.54) is 0 Å². The molecule has 20 heavy (non-hydrogen) atoms. The molecule has 1 saturated carbocycles. The molecule has 0 saturated heterocycles. The Morgan fingerprint density at radius 1 is 1.40 bits per heavy atom. The van der Waals surface area contributed by atoms with Gasteiger partial charge in [0.25, 0.3) is 6.16 Å². The van der Waals surface area contributed by atoms with Crippen LogP contribution in [0.15, 0.2) is 24.3 Å². The van der Waals surface area contributed by atoms with Crippen molar-refractivity contribution in [2.24, 2.45) is 0 Å². The van der Waals surface area contributed by atoms with Crippen molar-refractivity contribution in [1.82, 2.24) is 5.32 Å². The number of ether oxygens (including phenoxy) is 2. The summed E-state index contributed by atoms with van der Waals surface area (Å²) in [7, 11) is 1.63. The number of methoxy groups -OCH3 is 1. The predicted molar refractivity (Wildman–Crippen MR) is 67.7 cm³/mol. The summed E-state index contributed by atoms with van der Waals surface area (Å²) < 4.78 is 9.95. The first-order chi connectivity index (χ1) is 9.05. The quantitative estimate of drug-likeness (QED) is 0.490. The summed E-state index contributed by atoms with van der Waals surface area (Å²) in [5, 5.41) is 13.8. The largest absolute Gasteiger partial charge is 1.00 e. The van der Waals surface area contributed by atoms with Gasteiger partial charge >= 0.3 is 51.4 Å². The fraction of sp³-hybridized carbons (Fsp3) is 0.500. The average molecular weight is 303 g/mol. The first kappa shape index (κ1) is 17.9. The molecule has 0 radical (unpaired) electrons. The third kappa shape index (κ3) is 4.72. The molecule has 0 aliphatic heterocycles. The van der Waals surface area contributed by atoms with Gasteiger partial charge in [0.05, 0.1) is 12.7 Å². The van der Waals surface area contributed by atoms with E-state index < -0.39 is 11.8 Å². The molecule has 1 N–H and O–H groups in total. The Hall–Kier alpha value is -0.114. The second-order valence-corrected chi connectivity index (χ2v) is 4.87. The van der Waals surface area contributed by atoms with Crippen molar-refractivity contribution in [3.63, 3.8) is 0 Å². The van der Waals surface area contributed by atoms with Crippen LogP contribution in [0.1, 0.15) is 25.3 Å². The van der Waals surface area contributed by atoms with E-state index in [0.717, 1.165) is 24.2 Å². The molecule has 0 amide bonds. The van der Waals surface area contributed by atoms with E-state index >= 15 is 0 Å². The summed E-state index contributed by atoms with van der Waals surface area (Å²) in [4.78, 5) is 10.5. The zero-order chi connectivity index (χ0) is 13.9. The third-order valence-corrected chi connectivity index (χ3v) is 3.59. The van der Waals surface area contributed by atoms with Crippen LogP contribution in [-0.2, 0) is 11.3 Å². The van der Waals surface area contributed by atoms with Gasteiger partial charge in [-0.1, -0.05) is 12.1 Å². The topological polar surface area (TPSA) is 70.6 Å². The first-order valence-electron chi connectivity index (χ1n) is 6.32. The molecule has 0 spiro atoms. The summed E-state index contributed by atoms with van der Waals surface area (Å²) in [6, 6.07) is 7.70. The molecule has 5 nitrogen and oxygen atoms in total. The third-order valence-electron chi connectivity index (χ3n) is 3.59. The Morgan fingerprint density at radius 2 is 2.00 bits per heavy atom. The maximum Gasteiger partial charge on any atom is 1.00 e.